The van der Waals surface area contributed by atoms with Crippen molar-refractivity contribution in [2.75, 3.05) is 0 Å². The molecule has 2 aromatic rings. The molecule has 0 spiro atoms. The molecule has 0 aliphatic carbocycles. The van der Waals surface area contributed by atoms with E-state index in [1.165, 1.54) is 0 Å². The van der Waals surface area contributed by atoms with Gasteiger partial charge < -0.3 is 10.2 Å². The molecule has 0 atom stereocenters. The molecular weight excluding hydrogens is 200 g/mol. The lowest BCUT2D eigenvalue weighted by Gasteiger charge is -2.10. The summed E-state index contributed by atoms with van der Waals surface area (Å²) in [7, 11) is 0. The highest BCUT2D eigenvalue weighted by atomic mass is 16.3. The van der Waals surface area contributed by atoms with E-state index in [1.807, 2.05) is 32.0 Å². The highest BCUT2D eigenvalue weighted by Gasteiger charge is 2.09. The fourth-order valence-corrected chi connectivity index (χ4v) is 1.78. The van der Waals surface area contributed by atoms with Crippen LogP contribution in [0.2, 0.25) is 0 Å². The van der Waals surface area contributed by atoms with Crippen LogP contribution < -0.4 is 0 Å². The molecule has 2 heteroatoms. The molecule has 0 saturated carbocycles. The van der Waals surface area contributed by atoms with Gasteiger partial charge in [0.25, 0.3) is 0 Å². The van der Waals surface area contributed by atoms with Gasteiger partial charge in [0.15, 0.2) is 0 Å². The van der Waals surface area contributed by atoms with Crippen LogP contribution in [0.15, 0.2) is 36.4 Å². The van der Waals surface area contributed by atoms with Crippen molar-refractivity contribution in [3.05, 3.63) is 47.5 Å². The Bertz CT molecular complexity index is 530. The number of aromatic hydroxyl groups is 2. The Morgan fingerprint density at radius 2 is 1.56 bits per heavy atom. The Kier molecular flexibility index (Phi) is 2.57. The van der Waals surface area contributed by atoms with E-state index in [0.29, 0.717) is 0 Å². The van der Waals surface area contributed by atoms with Crippen LogP contribution in [0.5, 0.6) is 11.5 Å². The summed E-state index contributed by atoms with van der Waals surface area (Å²) < 4.78 is 0. The van der Waals surface area contributed by atoms with Crippen molar-refractivity contribution in [3.63, 3.8) is 0 Å². The molecule has 0 amide bonds. The average molecular weight is 214 g/mol. The second-order valence-corrected chi connectivity index (χ2v) is 3.97. The maximum atomic E-state index is 9.88. The first-order valence-corrected chi connectivity index (χ1v) is 5.18. The smallest absolute Gasteiger partial charge is 0.123 e. The zero-order chi connectivity index (χ0) is 11.7. The molecule has 2 aromatic carbocycles. The van der Waals surface area contributed by atoms with Crippen LogP contribution in [0.4, 0.5) is 0 Å². The predicted octanol–water partition coefficient (Wildman–Crippen LogP) is 3.38. The van der Waals surface area contributed by atoms with Crippen molar-refractivity contribution in [2.24, 2.45) is 0 Å². The van der Waals surface area contributed by atoms with Gasteiger partial charge in [-0.1, -0.05) is 24.3 Å². The number of phenols is 2. The van der Waals surface area contributed by atoms with Gasteiger partial charge in [0.05, 0.1) is 0 Å². The van der Waals surface area contributed by atoms with E-state index >= 15 is 0 Å². The van der Waals surface area contributed by atoms with Crippen molar-refractivity contribution in [2.45, 2.75) is 13.8 Å². The number of hydrogen-bond donors (Lipinski definition) is 2. The van der Waals surface area contributed by atoms with Crippen LogP contribution in [0.3, 0.4) is 0 Å². The van der Waals surface area contributed by atoms with E-state index in [-0.39, 0.29) is 11.5 Å². The summed E-state index contributed by atoms with van der Waals surface area (Å²) >= 11 is 0. The van der Waals surface area contributed by atoms with Crippen molar-refractivity contribution < 1.29 is 10.2 Å². The van der Waals surface area contributed by atoms with E-state index in [2.05, 4.69) is 0 Å². The Morgan fingerprint density at radius 3 is 2.25 bits per heavy atom. The normalized spacial score (nSPS) is 10.4. The first-order valence-electron chi connectivity index (χ1n) is 5.18. The summed E-state index contributed by atoms with van der Waals surface area (Å²) in [5.74, 6) is 0.492. The first-order chi connectivity index (χ1) is 7.59. The molecule has 0 aromatic heterocycles. The molecule has 0 fully saturated rings. The molecule has 0 heterocycles. The fourth-order valence-electron chi connectivity index (χ4n) is 1.78. The lowest BCUT2D eigenvalue weighted by molar-refractivity contribution is 0.470. The summed E-state index contributed by atoms with van der Waals surface area (Å²) in [4.78, 5) is 0. The van der Waals surface area contributed by atoms with Gasteiger partial charge in [-0.3, -0.25) is 0 Å². The largest absolute Gasteiger partial charge is 0.508 e. The quantitative estimate of drug-likeness (QED) is 0.764. The van der Waals surface area contributed by atoms with E-state index in [9.17, 15) is 10.2 Å². The van der Waals surface area contributed by atoms with Gasteiger partial charge in [-0.25, -0.2) is 0 Å². The summed E-state index contributed by atoms with van der Waals surface area (Å²) in [5.41, 5.74) is 3.40. The van der Waals surface area contributed by atoms with Gasteiger partial charge >= 0.3 is 0 Å². The maximum Gasteiger partial charge on any atom is 0.123 e. The maximum absolute atomic E-state index is 9.88. The highest BCUT2D eigenvalue weighted by molar-refractivity contribution is 5.74. The van der Waals surface area contributed by atoms with E-state index in [4.69, 9.17) is 0 Å². The molecular formula is C14H14O2. The lowest BCUT2D eigenvalue weighted by Crippen LogP contribution is -1.85. The van der Waals surface area contributed by atoms with E-state index in [1.54, 1.807) is 18.2 Å². The Morgan fingerprint density at radius 1 is 0.812 bits per heavy atom. The van der Waals surface area contributed by atoms with Gasteiger partial charge in [-0.15, -0.1) is 0 Å². The van der Waals surface area contributed by atoms with Crippen molar-refractivity contribution >= 4 is 0 Å². The summed E-state index contributed by atoms with van der Waals surface area (Å²) in [6.07, 6.45) is 0. The molecule has 0 aliphatic heterocycles. The fraction of sp³-hybridized carbons (Fsp3) is 0.143. The molecule has 0 radical (unpaired) electrons. The van der Waals surface area contributed by atoms with Gasteiger partial charge in [0, 0.05) is 5.56 Å². The van der Waals surface area contributed by atoms with Gasteiger partial charge in [0.2, 0.25) is 0 Å². The minimum Gasteiger partial charge on any atom is -0.508 e. The van der Waals surface area contributed by atoms with Crippen LogP contribution >= 0.6 is 0 Å². The summed E-state index contributed by atoms with van der Waals surface area (Å²) in [6, 6.07) is 10.8. The monoisotopic (exact) mass is 214 g/mol. The molecule has 2 N–H and O–H groups in total. The molecule has 0 aliphatic rings. The van der Waals surface area contributed by atoms with Crippen molar-refractivity contribution in [1.29, 1.82) is 0 Å². The zero-order valence-electron chi connectivity index (χ0n) is 9.36. The topological polar surface area (TPSA) is 40.5 Å². The second kappa shape index (κ2) is 3.89. The number of hydrogen-bond acceptors (Lipinski definition) is 2. The Balaban J connectivity index is 2.63. The zero-order valence-corrected chi connectivity index (χ0v) is 9.36. The van der Waals surface area contributed by atoms with Crippen LogP contribution in [0.25, 0.3) is 11.1 Å². The third-order valence-electron chi connectivity index (χ3n) is 2.75. The van der Waals surface area contributed by atoms with E-state index < -0.39 is 0 Å². The molecule has 82 valence electrons. The minimum atomic E-state index is 0.244. The Labute approximate surface area is 94.8 Å². The second-order valence-electron chi connectivity index (χ2n) is 3.97. The van der Waals surface area contributed by atoms with Crippen molar-refractivity contribution in [1.82, 2.24) is 0 Å². The number of rotatable bonds is 1. The third kappa shape index (κ3) is 1.74. The standard InChI is InChI=1S/C14H14O2/c1-9-6-7-12(14(16)8-9)11-4-3-5-13(15)10(11)2/h3-8,15-16H,1-2H3. The number of aryl methyl sites for hydroxylation is 1. The number of benzene rings is 2. The third-order valence-corrected chi connectivity index (χ3v) is 2.75. The lowest BCUT2D eigenvalue weighted by atomic mass is 9.98. The van der Waals surface area contributed by atoms with Crippen LogP contribution in [0.1, 0.15) is 11.1 Å². The van der Waals surface area contributed by atoms with Crippen LogP contribution in [0, 0.1) is 13.8 Å². The molecule has 16 heavy (non-hydrogen) atoms. The molecule has 0 saturated heterocycles. The molecule has 0 bridgehead atoms. The SMILES string of the molecule is Cc1ccc(-c2cccc(O)c2C)c(O)c1. The van der Waals surface area contributed by atoms with Gasteiger partial charge in [-0.2, -0.15) is 0 Å². The minimum absolute atomic E-state index is 0.244. The van der Waals surface area contributed by atoms with E-state index in [0.717, 1.165) is 22.3 Å². The van der Waals surface area contributed by atoms with Gasteiger partial charge in [0.1, 0.15) is 11.5 Å². The van der Waals surface area contributed by atoms with Crippen LogP contribution in [-0.2, 0) is 0 Å². The molecule has 2 nitrogen and oxygen atoms in total. The van der Waals surface area contributed by atoms with Crippen LogP contribution in [-0.4, -0.2) is 10.2 Å². The summed E-state index contributed by atoms with van der Waals surface area (Å²) in [5, 5.41) is 19.5. The van der Waals surface area contributed by atoms with Crippen molar-refractivity contribution in [3.8, 4) is 22.6 Å². The Hall–Kier alpha value is -1.96. The number of phenolic OH excluding ortho intramolecular Hbond substituents is 2. The predicted molar refractivity (Wildman–Crippen MR) is 64.7 cm³/mol. The summed E-state index contributed by atoms with van der Waals surface area (Å²) in [6.45, 7) is 3.77. The van der Waals surface area contributed by atoms with Gasteiger partial charge in [-0.05, 0) is 42.7 Å². The highest BCUT2D eigenvalue weighted by Crippen LogP contribution is 2.34. The molecule has 2 rings (SSSR count). The average Bonchev–Trinajstić information content (AvgIpc) is 2.23. The molecule has 0 unspecified atom stereocenters. The first kappa shape index (κ1) is 10.6.